The molecule has 1 saturated heterocycles. The molecule has 1 aromatic rings. The molecule has 0 spiro atoms. The van der Waals surface area contributed by atoms with E-state index in [4.69, 9.17) is 5.11 Å². The molecule has 1 aliphatic heterocycles. The van der Waals surface area contributed by atoms with Crippen molar-refractivity contribution in [3.8, 4) is 0 Å². The van der Waals surface area contributed by atoms with Crippen molar-refractivity contribution in [1.82, 2.24) is 5.32 Å². The van der Waals surface area contributed by atoms with Crippen molar-refractivity contribution >= 4 is 35.0 Å². The fourth-order valence-corrected chi connectivity index (χ4v) is 3.18. The Labute approximate surface area is 136 Å². The number of anilines is 1. The maximum atomic E-state index is 12.7. The highest BCUT2D eigenvalue weighted by Crippen LogP contribution is 2.38. The van der Waals surface area contributed by atoms with E-state index in [1.165, 1.54) is 12.1 Å². The molecule has 3 rings (SSSR count). The van der Waals surface area contributed by atoms with Crippen LogP contribution in [0.15, 0.2) is 18.2 Å². The van der Waals surface area contributed by atoms with Crippen LogP contribution in [-0.2, 0) is 14.4 Å². The van der Waals surface area contributed by atoms with E-state index in [0.717, 1.165) is 0 Å². The number of rotatable bonds is 4. The van der Waals surface area contributed by atoms with Gasteiger partial charge in [0.05, 0.1) is 17.4 Å². The molecule has 8 heteroatoms. The summed E-state index contributed by atoms with van der Waals surface area (Å²) in [5, 5.41) is 13.5. The predicted molar refractivity (Wildman–Crippen MR) is 80.6 cm³/mol. The lowest BCUT2D eigenvalue weighted by atomic mass is 9.82. The van der Waals surface area contributed by atoms with Gasteiger partial charge >= 0.3 is 5.97 Å². The molecule has 2 aliphatic rings. The standard InChI is InChI=1S/C16H14N2O6/c19-10-5-4-8(16(24)18-10)13-14(22)7-2-1-3-9(12(7)15(13)23)17-6-11(20)21/h1-3,8,13,17H,4-6H2,(H,20,21)(H,18,19,24). The number of carboxylic acid groups (broad SMARTS) is 1. The van der Waals surface area contributed by atoms with Crippen LogP contribution >= 0.6 is 0 Å². The zero-order valence-corrected chi connectivity index (χ0v) is 12.5. The molecule has 1 aromatic carbocycles. The van der Waals surface area contributed by atoms with Gasteiger partial charge in [-0.2, -0.15) is 0 Å². The van der Waals surface area contributed by atoms with Gasteiger partial charge in [0, 0.05) is 17.7 Å². The zero-order chi connectivity index (χ0) is 17.4. The highest BCUT2D eigenvalue weighted by atomic mass is 16.4. The van der Waals surface area contributed by atoms with Crippen LogP contribution in [0.25, 0.3) is 0 Å². The van der Waals surface area contributed by atoms with Gasteiger partial charge in [-0.15, -0.1) is 0 Å². The molecule has 0 aromatic heterocycles. The number of carboxylic acids is 1. The number of ketones is 2. The van der Waals surface area contributed by atoms with Crippen LogP contribution in [0.3, 0.4) is 0 Å². The zero-order valence-electron chi connectivity index (χ0n) is 12.5. The summed E-state index contributed by atoms with van der Waals surface area (Å²) in [5.41, 5.74) is 0.534. The van der Waals surface area contributed by atoms with Gasteiger partial charge in [-0.25, -0.2) is 0 Å². The summed E-state index contributed by atoms with van der Waals surface area (Å²) in [5.74, 6) is -5.18. The number of nitrogens with one attached hydrogen (secondary N) is 2. The second kappa shape index (κ2) is 5.88. The minimum absolute atomic E-state index is 0.0773. The van der Waals surface area contributed by atoms with Crippen LogP contribution in [0.4, 0.5) is 5.69 Å². The number of imide groups is 1. The predicted octanol–water partition coefficient (Wildman–Crippen LogP) is 0.231. The summed E-state index contributed by atoms with van der Waals surface area (Å²) in [6.45, 7) is -0.402. The minimum Gasteiger partial charge on any atom is -0.480 e. The van der Waals surface area contributed by atoms with Crippen LogP contribution in [0.5, 0.6) is 0 Å². The third-order valence-corrected chi connectivity index (χ3v) is 4.26. The molecule has 124 valence electrons. The summed E-state index contributed by atoms with van der Waals surface area (Å²) in [6, 6.07) is 4.54. The number of Topliss-reactive ketones (excluding diaryl/α,β-unsaturated/α-hetero) is 2. The number of amides is 2. The van der Waals surface area contributed by atoms with Gasteiger partial charge in [0.1, 0.15) is 6.54 Å². The van der Waals surface area contributed by atoms with Crippen LogP contribution in [0, 0.1) is 11.8 Å². The van der Waals surface area contributed by atoms with Crippen LogP contribution in [0.1, 0.15) is 33.6 Å². The molecule has 8 nitrogen and oxygen atoms in total. The minimum atomic E-state index is -1.17. The number of aliphatic carboxylic acids is 1. The molecule has 1 aliphatic carbocycles. The quantitative estimate of drug-likeness (QED) is 0.532. The molecule has 0 saturated carbocycles. The van der Waals surface area contributed by atoms with E-state index in [1.54, 1.807) is 6.07 Å². The van der Waals surface area contributed by atoms with Crippen molar-refractivity contribution in [3.63, 3.8) is 0 Å². The van der Waals surface area contributed by atoms with Gasteiger partial charge in [-0.1, -0.05) is 12.1 Å². The molecule has 24 heavy (non-hydrogen) atoms. The lowest BCUT2D eigenvalue weighted by molar-refractivity contribution is -0.137. The fourth-order valence-electron chi connectivity index (χ4n) is 3.18. The van der Waals surface area contributed by atoms with Crippen molar-refractivity contribution in [2.24, 2.45) is 11.8 Å². The largest absolute Gasteiger partial charge is 0.480 e. The molecule has 0 bridgehead atoms. The summed E-state index contributed by atoms with van der Waals surface area (Å²) in [6.07, 6.45) is 0.215. The Kier molecular flexibility index (Phi) is 3.88. The Hall–Kier alpha value is -3.03. The summed E-state index contributed by atoms with van der Waals surface area (Å²) < 4.78 is 0. The van der Waals surface area contributed by atoms with Crippen LogP contribution in [-0.4, -0.2) is 41.0 Å². The summed E-state index contributed by atoms with van der Waals surface area (Å²) >= 11 is 0. The highest BCUT2D eigenvalue weighted by molar-refractivity contribution is 6.30. The van der Waals surface area contributed by atoms with Gasteiger partial charge in [-0.05, 0) is 12.5 Å². The SMILES string of the molecule is O=C(O)CNc1cccc2c1C(=O)C(C1CCC(=O)NC1=O)C2=O. The molecular formula is C16H14N2O6. The molecular weight excluding hydrogens is 316 g/mol. The van der Waals surface area contributed by atoms with Gasteiger partial charge < -0.3 is 10.4 Å². The number of carbonyl (C=O) groups is 5. The third kappa shape index (κ3) is 2.55. The molecule has 2 unspecified atom stereocenters. The molecule has 1 heterocycles. The monoisotopic (exact) mass is 330 g/mol. The number of hydrogen-bond acceptors (Lipinski definition) is 6. The highest BCUT2D eigenvalue weighted by Gasteiger charge is 2.48. The van der Waals surface area contributed by atoms with E-state index in [9.17, 15) is 24.0 Å². The lowest BCUT2D eigenvalue weighted by Gasteiger charge is -2.24. The Bertz CT molecular complexity index is 785. The Balaban J connectivity index is 1.94. The fraction of sp³-hybridized carbons (Fsp3) is 0.312. The van der Waals surface area contributed by atoms with Crippen molar-refractivity contribution in [3.05, 3.63) is 29.3 Å². The van der Waals surface area contributed by atoms with Crippen molar-refractivity contribution in [2.75, 3.05) is 11.9 Å². The van der Waals surface area contributed by atoms with Crippen molar-refractivity contribution in [2.45, 2.75) is 12.8 Å². The van der Waals surface area contributed by atoms with Crippen LogP contribution in [0.2, 0.25) is 0 Å². The number of hydrogen-bond donors (Lipinski definition) is 3. The Morgan fingerprint density at radius 1 is 1.21 bits per heavy atom. The smallest absolute Gasteiger partial charge is 0.322 e. The molecule has 0 radical (unpaired) electrons. The first-order valence-electron chi connectivity index (χ1n) is 7.41. The Morgan fingerprint density at radius 3 is 2.62 bits per heavy atom. The summed E-state index contributed by atoms with van der Waals surface area (Å²) in [7, 11) is 0. The van der Waals surface area contributed by atoms with E-state index in [2.05, 4.69) is 10.6 Å². The molecule has 2 atom stereocenters. The third-order valence-electron chi connectivity index (χ3n) is 4.26. The maximum Gasteiger partial charge on any atom is 0.322 e. The van der Waals surface area contributed by atoms with E-state index < -0.39 is 47.7 Å². The van der Waals surface area contributed by atoms with Crippen molar-refractivity contribution < 1.29 is 29.1 Å². The number of fused-ring (bicyclic) bond motifs is 1. The lowest BCUT2D eigenvalue weighted by Crippen LogP contribution is -2.46. The normalized spacial score (nSPS) is 23.0. The first-order valence-corrected chi connectivity index (χ1v) is 7.41. The van der Waals surface area contributed by atoms with E-state index in [-0.39, 0.29) is 29.7 Å². The van der Waals surface area contributed by atoms with E-state index in [1.807, 2.05) is 0 Å². The van der Waals surface area contributed by atoms with E-state index in [0.29, 0.717) is 0 Å². The average molecular weight is 330 g/mol. The molecule has 2 amide bonds. The average Bonchev–Trinajstić information content (AvgIpc) is 2.78. The van der Waals surface area contributed by atoms with Gasteiger partial charge in [0.25, 0.3) is 0 Å². The summed E-state index contributed by atoms with van der Waals surface area (Å²) in [4.78, 5) is 59.3. The van der Waals surface area contributed by atoms with Crippen molar-refractivity contribution in [1.29, 1.82) is 0 Å². The first-order chi connectivity index (χ1) is 11.4. The second-order valence-electron chi connectivity index (χ2n) is 5.74. The van der Waals surface area contributed by atoms with Gasteiger partial charge in [-0.3, -0.25) is 29.3 Å². The van der Waals surface area contributed by atoms with E-state index >= 15 is 0 Å². The Morgan fingerprint density at radius 2 is 1.96 bits per heavy atom. The maximum absolute atomic E-state index is 12.7. The number of piperidine rings is 1. The topological polar surface area (TPSA) is 130 Å². The second-order valence-corrected chi connectivity index (χ2v) is 5.74. The molecule has 1 fully saturated rings. The van der Waals surface area contributed by atoms with Gasteiger partial charge in [0.2, 0.25) is 11.8 Å². The first kappa shape index (κ1) is 15.9. The number of benzene rings is 1. The molecule has 3 N–H and O–H groups in total. The number of carbonyl (C=O) groups excluding carboxylic acids is 4. The van der Waals surface area contributed by atoms with Gasteiger partial charge in [0.15, 0.2) is 11.6 Å². The van der Waals surface area contributed by atoms with Crippen LogP contribution < -0.4 is 10.6 Å².